The van der Waals surface area contributed by atoms with E-state index in [4.69, 9.17) is 10.2 Å². The average Bonchev–Trinajstić information content (AvgIpc) is 3.37. The van der Waals surface area contributed by atoms with Crippen molar-refractivity contribution in [2.75, 3.05) is 0 Å². The predicted molar refractivity (Wildman–Crippen MR) is 124 cm³/mol. The van der Waals surface area contributed by atoms with Crippen LogP contribution in [0.4, 0.5) is 0 Å². The Morgan fingerprint density at radius 2 is 1.39 bits per heavy atom. The van der Waals surface area contributed by atoms with E-state index in [1.54, 1.807) is 30.6 Å². The van der Waals surface area contributed by atoms with Gasteiger partial charge in [-0.25, -0.2) is 24.5 Å². The molecule has 0 unspecified atom stereocenters. The van der Waals surface area contributed by atoms with E-state index in [9.17, 15) is 9.59 Å². The van der Waals surface area contributed by atoms with Gasteiger partial charge in [0.1, 0.15) is 11.4 Å². The van der Waals surface area contributed by atoms with Gasteiger partial charge in [-0.15, -0.1) is 0 Å². The lowest BCUT2D eigenvalue weighted by atomic mass is 9.92. The molecular weight excluding hydrogens is 420 g/mol. The molecule has 0 radical (unpaired) electrons. The second kappa shape index (κ2) is 12.5. The zero-order valence-electron chi connectivity index (χ0n) is 18.6. The molecule has 0 amide bonds. The molecule has 0 aliphatic rings. The van der Waals surface area contributed by atoms with E-state index in [0.717, 1.165) is 5.69 Å². The van der Waals surface area contributed by atoms with Crippen LogP contribution >= 0.6 is 0 Å². The molecule has 0 aliphatic carbocycles. The maximum atomic E-state index is 10.1. The summed E-state index contributed by atoms with van der Waals surface area (Å²) in [5, 5.41) is 16.6. The molecule has 4 aromatic rings. The number of H-pyrrole nitrogens is 1. The summed E-state index contributed by atoms with van der Waals surface area (Å²) in [6.07, 6.45) is 6.59. The Labute approximate surface area is 192 Å². The van der Waals surface area contributed by atoms with Crippen LogP contribution in [0.1, 0.15) is 56.2 Å². The van der Waals surface area contributed by atoms with Crippen LogP contribution in [0.3, 0.4) is 0 Å². The molecule has 3 aromatic heterocycles. The predicted octanol–water partition coefficient (Wildman–Crippen LogP) is 4.74. The number of pyridine rings is 2. The molecule has 1 aromatic carbocycles. The molecular formula is C25H26N4O4. The number of aryl methyl sites for hydroxylation is 1. The molecule has 1 atom stereocenters. The van der Waals surface area contributed by atoms with E-state index in [2.05, 4.69) is 58.9 Å². The normalized spacial score (nSPS) is 10.6. The van der Waals surface area contributed by atoms with Crippen molar-refractivity contribution in [1.29, 1.82) is 0 Å². The third-order valence-corrected chi connectivity index (χ3v) is 4.84. The third-order valence-electron chi connectivity index (χ3n) is 4.84. The summed E-state index contributed by atoms with van der Waals surface area (Å²) >= 11 is 0. The van der Waals surface area contributed by atoms with Gasteiger partial charge in [0.2, 0.25) is 0 Å². The minimum absolute atomic E-state index is 0.0810. The van der Waals surface area contributed by atoms with Crippen molar-refractivity contribution in [3.05, 3.63) is 113 Å². The van der Waals surface area contributed by atoms with Crippen molar-refractivity contribution in [1.82, 2.24) is 19.9 Å². The fraction of sp³-hybridized carbons (Fsp3) is 0.160. The van der Waals surface area contributed by atoms with Crippen molar-refractivity contribution in [3.63, 3.8) is 0 Å². The maximum absolute atomic E-state index is 10.1. The smallest absolute Gasteiger partial charge is 0.354 e. The minimum atomic E-state index is -0.990. The van der Waals surface area contributed by atoms with E-state index in [1.807, 2.05) is 6.20 Å². The van der Waals surface area contributed by atoms with Gasteiger partial charge >= 0.3 is 11.9 Å². The largest absolute Gasteiger partial charge is 0.477 e. The van der Waals surface area contributed by atoms with Crippen LogP contribution in [0.25, 0.3) is 0 Å². The van der Waals surface area contributed by atoms with Crippen molar-refractivity contribution in [2.45, 2.75) is 26.7 Å². The van der Waals surface area contributed by atoms with Gasteiger partial charge in [-0.3, -0.25) is 0 Å². The summed E-state index contributed by atoms with van der Waals surface area (Å²) in [7, 11) is 0. The van der Waals surface area contributed by atoms with Crippen LogP contribution in [-0.2, 0) is 0 Å². The molecule has 8 heteroatoms. The Hall–Kier alpha value is -4.33. The Bertz CT molecular complexity index is 1100. The first-order chi connectivity index (χ1) is 15.8. The van der Waals surface area contributed by atoms with Crippen LogP contribution < -0.4 is 0 Å². The molecule has 3 heterocycles. The summed E-state index contributed by atoms with van der Waals surface area (Å²) < 4.78 is 0. The molecule has 3 N–H and O–H groups in total. The van der Waals surface area contributed by atoms with E-state index in [1.165, 1.54) is 41.2 Å². The molecule has 0 aliphatic heterocycles. The first-order valence-electron chi connectivity index (χ1n) is 10.1. The summed E-state index contributed by atoms with van der Waals surface area (Å²) in [6.45, 7) is 6.52. The summed E-state index contributed by atoms with van der Waals surface area (Å²) in [6, 6.07) is 16.0. The number of hydrogen-bond donors (Lipinski definition) is 3. The molecule has 8 nitrogen and oxygen atoms in total. The highest BCUT2D eigenvalue weighted by molar-refractivity contribution is 5.85. The molecule has 0 saturated heterocycles. The molecule has 170 valence electrons. The van der Waals surface area contributed by atoms with Gasteiger partial charge in [0.15, 0.2) is 0 Å². The SMILES string of the molecule is Cc1cccc([C@H](C)c2c[nH]cn2)c1C.O=C(O)c1ccccn1.O=C(O)c1ccccn1. The van der Waals surface area contributed by atoms with Crippen LogP contribution in [0.15, 0.2) is 79.5 Å². The number of aromatic nitrogens is 4. The standard InChI is InChI=1S/C13H16N2.2C6H5NO2/c1-9-5-4-6-12(10(9)2)11(3)13-7-14-8-15-13;2*8-6(9)5-3-1-2-4-7-5/h4-8,11H,1-3H3,(H,14,15);2*1-4H,(H,8,9)/t11-;;/m0../s1. The second-order valence-electron chi connectivity index (χ2n) is 7.05. The number of benzene rings is 1. The topological polar surface area (TPSA) is 129 Å². The number of carbonyl (C=O) groups is 2. The van der Waals surface area contributed by atoms with Crippen LogP contribution in [0, 0.1) is 13.8 Å². The highest BCUT2D eigenvalue weighted by atomic mass is 16.4. The van der Waals surface area contributed by atoms with Crippen molar-refractivity contribution in [3.8, 4) is 0 Å². The lowest BCUT2D eigenvalue weighted by Gasteiger charge is -2.14. The van der Waals surface area contributed by atoms with Gasteiger partial charge in [-0.05, 0) is 54.8 Å². The molecule has 0 saturated carbocycles. The van der Waals surface area contributed by atoms with Crippen LogP contribution in [-0.4, -0.2) is 42.1 Å². The number of carboxylic acids is 2. The zero-order valence-corrected chi connectivity index (χ0v) is 18.6. The number of nitrogens with zero attached hydrogens (tertiary/aromatic N) is 3. The average molecular weight is 447 g/mol. The van der Waals surface area contributed by atoms with Gasteiger partial charge < -0.3 is 15.2 Å². The van der Waals surface area contributed by atoms with Crippen molar-refractivity contribution >= 4 is 11.9 Å². The lowest BCUT2D eigenvalue weighted by Crippen LogP contribution is -2.00. The van der Waals surface area contributed by atoms with E-state index < -0.39 is 11.9 Å². The molecule has 33 heavy (non-hydrogen) atoms. The number of carboxylic acid groups (broad SMARTS) is 2. The number of aromatic carboxylic acids is 2. The second-order valence-corrected chi connectivity index (χ2v) is 7.05. The molecule has 4 rings (SSSR count). The van der Waals surface area contributed by atoms with Gasteiger partial charge in [0.25, 0.3) is 0 Å². The Kier molecular flexibility index (Phi) is 9.45. The Balaban J connectivity index is 0.000000186. The number of hydrogen-bond acceptors (Lipinski definition) is 5. The number of rotatable bonds is 4. The van der Waals surface area contributed by atoms with Gasteiger partial charge in [-0.1, -0.05) is 37.3 Å². The van der Waals surface area contributed by atoms with E-state index >= 15 is 0 Å². The molecule has 0 bridgehead atoms. The highest BCUT2D eigenvalue weighted by Gasteiger charge is 2.13. The number of aromatic amines is 1. The quantitative estimate of drug-likeness (QED) is 0.413. The number of imidazole rings is 1. The first kappa shape index (κ1) is 24.9. The Morgan fingerprint density at radius 3 is 1.79 bits per heavy atom. The Morgan fingerprint density at radius 1 is 0.818 bits per heavy atom. The van der Waals surface area contributed by atoms with Crippen molar-refractivity contribution < 1.29 is 19.8 Å². The third kappa shape index (κ3) is 7.70. The monoisotopic (exact) mass is 446 g/mol. The summed E-state index contributed by atoms with van der Waals surface area (Å²) in [5.41, 5.74) is 5.34. The highest BCUT2D eigenvalue weighted by Crippen LogP contribution is 2.26. The fourth-order valence-electron chi connectivity index (χ4n) is 2.89. The fourth-order valence-corrected chi connectivity index (χ4v) is 2.89. The number of nitrogens with one attached hydrogen (secondary N) is 1. The van der Waals surface area contributed by atoms with E-state index in [0.29, 0.717) is 5.92 Å². The minimum Gasteiger partial charge on any atom is -0.477 e. The van der Waals surface area contributed by atoms with Gasteiger partial charge in [0, 0.05) is 24.5 Å². The summed E-state index contributed by atoms with van der Waals surface area (Å²) in [5.74, 6) is -1.62. The van der Waals surface area contributed by atoms with Crippen LogP contribution in [0.2, 0.25) is 0 Å². The van der Waals surface area contributed by atoms with Gasteiger partial charge in [-0.2, -0.15) is 0 Å². The zero-order chi connectivity index (χ0) is 24.2. The first-order valence-corrected chi connectivity index (χ1v) is 10.1. The van der Waals surface area contributed by atoms with Crippen molar-refractivity contribution in [2.24, 2.45) is 0 Å². The van der Waals surface area contributed by atoms with Gasteiger partial charge in [0.05, 0.1) is 12.0 Å². The molecule has 0 spiro atoms. The maximum Gasteiger partial charge on any atom is 0.354 e. The summed E-state index contributed by atoms with van der Waals surface area (Å²) in [4.78, 5) is 34.7. The molecule has 0 fully saturated rings. The van der Waals surface area contributed by atoms with Crippen LogP contribution in [0.5, 0.6) is 0 Å². The lowest BCUT2D eigenvalue weighted by molar-refractivity contribution is 0.0680. The van der Waals surface area contributed by atoms with E-state index in [-0.39, 0.29) is 11.4 Å².